The van der Waals surface area contributed by atoms with Gasteiger partial charge < -0.3 is 0 Å². The maximum absolute atomic E-state index is 12.1. The van der Waals surface area contributed by atoms with Crippen molar-refractivity contribution in [2.75, 3.05) is 6.16 Å². The SMILES string of the molecule is CCCCCCCCC[P+]1(O)Oc2c(cc(C)cc2C(C)(C)C)Cc2cc(C)cc(C(C)(C)C)c2O1. The highest BCUT2D eigenvalue weighted by Crippen LogP contribution is 2.61. The van der Waals surface area contributed by atoms with E-state index in [0.717, 1.165) is 53.0 Å². The molecule has 0 aliphatic carbocycles. The first-order valence-corrected chi connectivity index (χ1v) is 15.8. The van der Waals surface area contributed by atoms with Crippen LogP contribution in [-0.4, -0.2) is 11.1 Å². The predicted molar refractivity (Wildman–Crippen MR) is 156 cm³/mol. The van der Waals surface area contributed by atoms with Gasteiger partial charge in [-0.25, -0.2) is 0 Å². The number of unbranched alkanes of at least 4 members (excludes halogenated alkanes) is 6. The lowest BCUT2D eigenvalue weighted by Crippen LogP contribution is -2.23. The summed E-state index contributed by atoms with van der Waals surface area (Å²) in [4.78, 5) is 12.1. The molecule has 3 rings (SSSR count). The summed E-state index contributed by atoms with van der Waals surface area (Å²) in [6, 6.07) is 8.90. The van der Waals surface area contributed by atoms with E-state index in [4.69, 9.17) is 9.05 Å². The standard InChI is InChI=1S/C32H50O3P/c1-10-11-12-13-14-15-16-17-36(33)34-29-25(18-23(2)20-27(29)31(4,5)6)22-26-19-24(3)21-28(30(26)35-36)32(7,8)9/h18-21,33H,10-17,22H2,1-9H3/q+1. The first-order chi connectivity index (χ1) is 16.7. The van der Waals surface area contributed by atoms with E-state index in [0.29, 0.717) is 6.16 Å². The summed E-state index contributed by atoms with van der Waals surface area (Å²) >= 11 is 0. The molecular weight excluding hydrogens is 463 g/mol. The minimum atomic E-state index is -3.18. The molecule has 3 nitrogen and oxygen atoms in total. The Morgan fingerprint density at radius 2 is 1.11 bits per heavy atom. The second-order valence-electron chi connectivity index (χ2n) is 12.9. The van der Waals surface area contributed by atoms with Crippen LogP contribution in [0, 0.1) is 13.8 Å². The van der Waals surface area contributed by atoms with Crippen LogP contribution in [0.2, 0.25) is 0 Å². The molecule has 0 atom stereocenters. The van der Waals surface area contributed by atoms with Crippen molar-refractivity contribution in [1.82, 2.24) is 0 Å². The molecular formula is C32H50O3P+. The van der Waals surface area contributed by atoms with E-state index in [2.05, 4.69) is 86.6 Å². The topological polar surface area (TPSA) is 38.7 Å². The number of aryl methyl sites for hydroxylation is 2. The molecule has 200 valence electrons. The molecule has 0 amide bonds. The van der Waals surface area contributed by atoms with Gasteiger partial charge in [-0.15, -0.1) is 0 Å². The van der Waals surface area contributed by atoms with Crippen LogP contribution in [0.3, 0.4) is 0 Å². The quantitative estimate of drug-likeness (QED) is 0.282. The Bertz CT molecular complexity index is 971. The van der Waals surface area contributed by atoms with E-state index in [1.165, 1.54) is 43.2 Å². The highest BCUT2D eigenvalue weighted by molar-refractivity contribution is 7.61. The second kappa shape index (κ2) is 11.4. The van der Waals surface area contributed by atoms with E-state index >= 15 is 0 Å². The van der Waals surface area contributed by atoms with Gasteiger partial charge in [0.2, 0.25) is 0 Å². The first kappa shape index (κ1) is 29.0. The normalized spacial score (nSPS) is 15.3. The molecule has 0 saturated carbocycles. The van der Waals surface area contributed by atoms with Crippen LogP contribution in [-0.2, 0) is 17.3 Å². The molecule has 36 heavy (non-hydrogen) atoms. The zero-order chi connectivity index (χ0) is 26.7. The summed E-state index contributed by atoms with van der Waals surface area (Å²) in [5.41, 5.74) is 6.82. The maximum atomic E-state index is 12.1. The molecule has 2 aromatic rings. The molecule has 1 aliphatic rings. The Morgan fingerprint density at radius 1 is 0.694 bits per heavy atom. The molecule has 0 spiro atoms. The van der Waals surface area contributed by atoms with Crippen molar-refractivity contribution in [1.29, 1.82) is 0 Å². The molecule has 0 fully saturated rings. The van der Waals surface area contributed by atoms with Gasteiger partial charge in [0.05, 0.1) is 0 Å². The lowest BCUT2D eigenvalue weighted by molar-refractivity contribution is 0.330. The molecule has 0 unspecified atom stereocenters. The molecule has 0 radical (unpaired) electrons. The number of rotatable bonds is 8. The van der Waals surface area contributed by atoms with Crippen molar-refractivity contribution in [2.45, 2.75) is 125 Å². The van der Waals surface area contributed by atoms with Gasteiger partial charge in [0.1, 0.15) is 0 Å². The highest BCUT2D eigenvalue weighted by atomic mass is 31.2. The minimum Gasteiger partial charge on any atom is -0.277 e. The van der Waals surface area contributed by atoms with Crippen LogP contribution >= 0.6 is 7.94 Å². The fourth-order valence-electron chi connectivity index (χ4n) is 5.16. The van der Waals surface area contributed by atoms with E-state index in [9.17, 15) is 4.89 Å². The van der Waals surface area contributed by atoms with Gasteiger partial charge in [-0.05, 0) is 37.5 Å². The Kier molecular flexibility index (Phi) is 9.22. The molecule has 4 heteroatoms. The van der Waals surface area contributed by atoms with E-state index in [-0.39, 0.29) is 10.8 Å². The van der Waals surface area contributed by atoms with Gasteiger partial charge in [-0.1, -0.05) is 116 Å². The van der Waals surface area contributed by atoms with E-state index in [1.807, 2.05) is 0 Å². The summed E-state index contributed by atoms with van der Waals surface area (Å²) in [7, 11) is -3.18. The van der Waals surface area contributed by atoms with Crippen molar-refractivity contribution < 1.29 is 13.9 Å². The monoisotopic (exact) mass is 513 g/mol. The van der Waals surface area contributed by atoms with Crippen LogP contribution in [0.5, 0.6) is 11.5 Å². The van der Waals surface area contributed by atoms with Gasteiger partial charge in [0, 0.05) is 28.7 Å². The zero-order valence-electron chi connectivity index (χ0n) is 24.4. The van der Waals surface area contributed by atoms with Crippen molar-refractivity contribution in [3.8, 4) is 11.5 Å². The van der Waals surface area contributed by atoms with Gasteiger partial charge in [-0.2, -0.15) is 4.89 Å². The molecule has 1 N–H and O–H groups in total. The molecule has 1 aliphatic heterocycles. The highest BCUT2D eigenvalue weighted by Gasteiger charge is 2.48. The van der Waals surface area contributed by atoms with Crippen LogP contribution in [0.4, 0.5) is 0 Å². The Hall–Kier alpha value is -1.57. The van der Waals surface area contributed by atoms with Gasteiger partial charge in [0.15, 0.2) is 17.7 Å². The minimum absolute atomic E-state index is 0.106. The average molecular weight is 514 g/mol. The lowest BCUT2D eigenvalue weighted by atomic mass is 9.81. The number of hydrogen-bond acceptors (Lipinski definition) is 3. The summed E-state index contributed by atoms with van der Waals surface area (Å²) in [6.07, 6.45) is 9.62. The van der Waals surface area contributed by atoms with E-state index < -0.39 is 7.94 Å². The third-order valence-corrected chi connectivity index (χ3v) is 8.95. The van der Waals surface area contributed by atoms with Crippen LogP contribution in [0.1, 0.15) is 127 Å². The molecule has 0 aromatic heterocycles. The van der Waals surface area contributed by atoms with Gasteiger partial charge in [0.25, 0.3) is 0 Å². The van der Waals surface area contributed by atoms with Crippen LogP contribution in [0.25, 0.3) is 0 Å². The van der Waals surface area contributed by atoms with Gasteiger partial charge in [-0.3, -0.25) is 9.05 Å². The molecule has 0 saturated heterocycles. The van der Waals surface area contributed by atoms with Crippen LogP contribution < -0.4 is 9.05 Å². The summed E-state index contributed by atoms with van der Waals surface area (Å²) in [5, 5.41) is 0. The average Bonchev–Trinajstić information content (AvgIpc) is 2.74. The van der Waals surface area contributed by atoms with Crippen molar-refractivity contribution in [2.24, 2.45) is 0 Å². The number of benzene rings is 2. The fraction of sp³-hybridized carbons (Fsp3) is 0.625. The molecule has 2 aromatic carbocycles. The van der Waals surface area contributed by atoms with Gasteiger partial charge >= 0.3 is 7.94 Å². The Morgan fingerprint density at radius 3 is 1.53 bits per heavy atom. The lowest BCUT2D eigenvalue weighted by Gasteiger charge is -2.31. The zero-order valence-corrected chi connectivity index (χ0v) is 25.3. The number of fused-ring (bicyclic) bond motifs is 2. The third kappa shape index (κ3) is 7.26. The Labute approximate surface area is 221 Å². The maximum Gasteiger partial charge on any atom is 0.495 e. The van der Waals surface area contributed by atoms with Crippen molar-refractivity contribution >= 4 is 7.94 Å². The predicted octanol–water partition coefficient (Wildman–Crippen LogP) is 9.77. The smallest absolute Gasteiger partial charge is 0.277 e. The summed E-state index contributed by atoms with van der Waals surface area (Å²) < 4.78 is 13.4. The Balaban J connectivity index is 2.07. The second-order valence-corrected chi connectivity index (χ2v) is 15.0. The molecule has 0 bridgehead atoms. The van der Waals surface area contributed by atoms with E-state index in [1.54, 1.807) is 0 Å². The van der Waals surface area contributed by atoms with Crippen LogP contribution in [0.15, 0.2) is 24.3 Å². The summed E-state index contributed by atoms with van der Waals surface area (Å²) in [5.74, 6) is 1.66. The van der Waals surface area contributed by atoms with Crippen molar-refractivity contribution in [3.05, 3.63) is 57.6 Å². The molecule has 1 heterocycles. The first-order valence-electron chi connectivity index (χ1n) is 14.0. The largest absolute Gasteiger partial charge is 0.495 e. The summed E-state index contributed by atoms with van der Waals surface area (Å²) in [6.45, 7) is 19.9. The number of hydrogen-bond donors (Lipinski definition) is 1. The third-order valence-electron chi connectivity index (χ3n) is 7.13. The fourth-order valence-corrected chi connectivity index (χ4v) is 7.00. The van der Waals surface area contributed by atoms with Crippen molar-refractivity contribution in [3.63, 3.8) is 0 Å².